The van der Waals surface area contributed by atoms with Crippen LogP contribution in [0.15, 0.2) is 24.3 Å². The Morgan fingerprint density at radius 3 is 2.70 bits per heavy atom. The van der Waals surface area contributed by atoms with Gasteiger partial charge >= 0.3 is 7.60 Å². The fourth-order valence-corrected chi connectivity index (χ4v) is 2.86. The van der Waals surface area contributed by atoms with Gasteiger partial charge in [0, 0.05) is 11.7 Å². The van der Waals surface area contributed by atoms with Gasteiger partial charge in [-0.3, -0.25) is 4.57 Å². The second-order valence-electron chi connectivity index (χ2n) is 4.49. The number of rotatable bonds is 9. The van der Waals surface area contributed by atoms with Gasteiger partial charge < -0.3 is 18.5 Å². The van der Waals surface area contributed by atoms with E-state index >= 15 is 0 Å². The Hall–Kier alpha value is -0.870. The summed E-state index contributed by atoms with van der Waals surface area (Å²) in [5, 5.41) is 0. The third-order valence-electron chi connectivity index (χ3n) is 2.93. The van der Waals surface area contributed by atoms with Crippen molar-refractivity contribution in [3.05, 3.63) is 29.8 Å². The summed E-state index contributed by atoms with van der Waals surface area (Å²) in [7, 11) is -2.99. The highest BCUT2D eigenvalue weighted by molar-refractivity contribution is 7.53. The minimum absolute atomic E-state index is 0.203. The molecule has 2 unspecified atom stereocenters. The number of benzene rings is 1. The van der Waals surface area contributed by atoms with Crippen LogP contribution < -0.4 is 4.74 Å². The molecule has 6 heteroatoms. The van der Waals surface area contributed by atoms with E-state index in [9.17, 15) is 4.57 Å². The van der Waals surface area contributed by atoms with Gasteiger partial charge in [-0.25, -0.2) is 0 Å². The van der Waals surface area contributed by atoms with E-state index in [1.54, 1.807) is 13.8 Å². The Bertz CT molecular complexity index is 472. The number of ether oxygens (including phenoxy) is 2. The Kier molecular flexibility index (Phi) is 5.61. The van der Waals surface area contributed by atoms with E-state index in [1.165, 1.54) is 0 Å². The van der Waals surface area contributed by atoms with Gasteiger partial charge in [-0.05, 0) is 13.0 Å². The molecule has 20 heavy (non-hydrogen) atoms. The molecule has 0 bridgehead atoms. The summed E-state index contributed by atoms with van der Waals surface area (Å²) in [5.74, 6) is 0.738. The molecule has 1 aliphatic rings. The maximum atomic E-state index is 12.2. The fraction of sp³-hybridized carbons (Fsp3) is 0.571. The maximum absolute atomic E-state index is 12.2. The molecule has 2 rings (SSSR count). The monoisotopic (exact) mass is 300 g/mol. The Morgan fingerprint density at radius 1 is 1.30 bits per heavy atom. The summed E-state index contributed by atoms with van der Waals surface area (Å²) in [6, 6.07) is 7.57. The van der Waals surface area contributed by atoms with Crippen LogP contribution >= 0.6 is 7.60 Å². The van der Waals surface area contributed by atoms with Crippen molar-refractivity contribution in [3.63, 3.8) is 0 Å². The topological polar surface area (TPSA) is 57.3 Å². The van der Waals surface area contributed by atoms with Gasteiger partial charge in [-0.2, -0.15) is 0 Å². The van der Waals surface area contributed by atoms with Crippen molar-refractivity contribution < 1.29 is 23.1 Å². The predicted octanol–water partition coefficient (Wildman–Crippen LogP) is 3.23. The smallest absolute Gasteiger partial charge is 0.330 e. The normalized spacial score (nSPS) is 20.4. The molecule has 0 amide bonds. The van der Waals surface area contributed by atoms with Gasteiger partial charge in [-0.1, -0.05) is 25.1 Å². The quantitative estimate of drug-likeness (QED) is 0.517. The van der Waals surface area contributed by atoms with Crippen LogP contribution in [0.25, 0.3) is 0 Å². The molecule has 0 N–H and O–H groups in total. The number of hydrogen-bond donors (Lipinski definition) is 0. The zero-order valence-electron chi connectivity index (χ0n) is 11.9. The Morgan fingerprint density at radius 2 is 2.05 bits per heavy atom. The lowest BCUT2D eigenvalue weighted by Crippen LogP contribution is -2.06. The largest absolute Gasteiger partial charge is 0.490 e. The second-order valence-corrected chi connectivity index (χ2v) is 6.86. The van der Waals surface area contributed by atoms with Crippen LogP contribution in [0.4, 0.5) is 0 Å². The number of epoxide rings is 1. The van der Waals surface area contributed by atoms with E-state index in [2.05, 4.69) is 0 Å². The lowest BCUT2D eigenvalue weighted by Gasteiger charge is -2.17. The van der Waals surface area contributed by atoms with E-state index in [-0.39, 0.29) is 12.7 Å². The summed E-state index contributed by atoms with van der Waals surface area (Å²) < 4.78 is 33.7. The first-order valence-corrected chi connectivity index (χ1v) is 8.60. The van der Waals surface area contributed by atoms with E-state index in [0.717, 1.165) is 17.9 Å². The SMILES string of the molecule is CCOP(=O)(CC)OCc1ccccc1OCC1CO1. The predicted molar refractivity (Wildman–Crippen MR) is 76.2 cm³/mol. The summed E-state index contributed by atoms with van der Waals surface area (Å²) >= 11 is 0. The van der Waals surface area contributed by atoms with Crippen molar-refractivity contribution in [3.8, 4) is 5.75 Å². The molecule has 0 spiro atoms. The van der Waals surface area contributed by atoms with Gasteiger partial charge in [0.2, 0.25) is 0 Å². The standard InChI is InChI=1S/C14H21O5P/c1-3-18-20(15,4-2)19-9-12-7-5-6-8-14(12)17-11-13-10-16-13/h5-8,13H,3-4,9-11H2,1-2H3. The van der Waals surface area contributed by atoms with Crippen LogP contribution in [0, 0.1) is 0 Å². The van der Waals surface area contributed by atoms with E-state index in [1.807, 2.05) is 24.3 Å². The van der Waals surface area contributed by atoms with Gasteiger partial charge in [0.15, 0.2) is 0 Å². The van der Waals surface area contributed by atoms with Crippen LogP contribution in [-0.2, 0) is 25.0 Å². The lowest BCUT2D eigenvalue weighted by molar-refractivity contribution is 0.200. The van der Waals surface area contributed by atoms with Gasteiger partial charge in [0.05, 0.1) is 19.8 Å². The zero-order chi connectivity index (χ0) is 14.4. The van der Waals surface area contributed by atoms with Crippen LogP contribution in [0.2, 0.25) is 0 Å². The molecule has 2 atom stereocenters. The molecule has 0 aromatic heterocycles. The van der Waals surface area contributed by atoms with Crippen molar-refractivity contribution in [2.24, 2.45) is 0 Å². The first kappa shape index (κ1) is 15.5. The molecule has 0 saturated carbocycles. The molecular formula is C14H21O5P. The summed E-state index contributed by atoms with van der Waals surface area (Å²) in [6.45, 7) is 5.48. The molecule has 1 aromatic rings. The van der Waals surface area contributed by atoms with Crippen molar-refractivity contribution in [1.82, 2.24) is 0 Å². The van der Waals surface area contributed by atoms with Gasteiger partial charge in [0.1, 0.15) is 18.5 Å². The molecule has 0 aliphatic carbocycles. The van der Waals surface area contributed by atoms with E-state index in [0.29, 0.717) is 19.4 Å². The van der Waals surface area contributed by atoms with Crippen LogP contribution in [-0.4, -0.2) is 32.1 Å². The van der Waals surface area contributed by atoms with E-state index in [4.69, 9.17) is 18.5 Å². The summed E-state index contributed by atoms with van der Waals surface area (Å²) in [4.78, 5) is 0. The molecule has 1 saturated heterocycles. The summed E-state index contributed by atoms with van der Waals surface area (Å²) in [6.07, 6.45) is 0.564. The molecule has 112 valence electrons. The highest BCUT2D eigenvalue weighted by atomic mass is 31.2. The molecule has 5 nitrogen and oxygen atoms in total. The molecule has 0 radical (unpaired) electrons. The van der Waals surface area contributed by atoms with Crippen LogP contribution in [0.3, 0.4) is 0 Å². The van der Waals surface area contributed by atoms with Crippen molar-refractivity contribution in [2.45, 2.75) is 26.6 Å². The minimum Gasteiger partial charge on any atom is -0.490 e. The average Bonchev–Trinajstić information content (AvgIpc) is 3.28. The maximum Gasteiger partial charge on any atom is 0.330 e. The lowest BCUT2D eigenvalue weighted by atomic mass is 10.2. The fourth-order valence-electron chi connectivity index (χ4n) is 1.70. The Balaban J connectivity index is 1.95. The van der Waals surface area contributed by atoms with Gasteiger partial charge in [0.25, 0.3) is 0 Å². The first-order valence-electron chi connectivity index (χ1n) is 6.87. The third-order valence-corrected chi connectivity index (χ3v) is 4.88. The van der Waals surface area contributed by atoms with Crippen molar-refractivity contribution >= 4 is 7.60 Å². The molecule has 1 aliphatic heterocycles. The van der Waals surface area contributed by atoms with Crippen molar-refractivity contribution in [2.75, 3.05) is 26.0 Å². The molecule has 1 heterocycles. The number of para-hydroxylation sites is 1. The molecular weight excluding hydrogens is 279 g/mol. The molecule has 1 fully saturated rings. The molecule has 1 aromatic carbocycles. The van der Waals surface area contributed by atoms with Crippen LogP contribution in [0.5, 0.6) is 5.75 Å². The first-order chi connectivity index (χ1) is 9.67. The van der Waals surface area contributed by atoms with Crippen molar-refractivity contribution in [1.29, 1.82) is 0 Å². The number of hydrogen-bond acceptors (Lipinski definition) is 5. The van der Waals surface area contributed by atoms with Crippen LogP contribution in [0.1, 0.15) is 19.4 Å². The highest BCUT2D eigenvalue weighted by Gasteiger charge is 2.24. The van der Waals surface area contributed by atoms with E-state index < -0.39 is 7.60 Å². The zero-order valence-corrected chi connectivity index (χ0v) is 12.8. The second kappa shape index (κ2) is 7.23. The average molecular weight is 300 g/mol. The summed E-state index contributed by atoms with van der Waals surface area (Å²) in [5.41, 5.74) is 0.863. The highest BCUT2D eigenvalue weighted by Crippen LogP contribution is 2.48. The minimum atomic E-state index is -2.99. The Labute approximate surface area is 119 Å². The third kappa shape index (κ3) is 4.60. The van der Waals surface area contributed by atoms with Gasteiger partial charge in [-0.15, -0.1) is 0 Å².